The van der Waals surface area contributed by atoms with Gasteiger partial charge in [-0.2, -0.15) is 5.06 Å². The highest BCUT2D eigenvalue weighted by molar-refractivity contribution is 5.66. The number of hydroxylamine groups is 2. The highest BCUT2D eigenvalue weighted by Crippen LogP contribution is 2.07. The minimum Gasteiger partial charge on any atom is -0.448 e. The minimum atomic E-state index is -0.643. The molecule has 0 radical (unpaired) electrons. The quantitative estimate of drug-likeness (QED) is 0.533. The van der Waals surface area contributed by atoms with Crippen LogP contribution in [-0.4, -0.2) is 29.0 Å². The first-order valence-electron chi connectivity index (χ1n) is 4.82. The van der Waals surface area contributed by atoms with Crippen LogP contribution in [0.25, 0.3) is 0 Å². The zero-order valence-electron chi connectivity index (χ0n) is 8.62. The maximum absolute atomic E-state index is 11.1. The molecule has 4 heteroatoms. The summed E-state index contributed by atoms with van der Waals surface area (Å²) in [6.07, 6.45) is 1.58. The summed E-state index contributed by atoms with van der Waals surface area (Å²) in [5.41, 5.74) is 0. The van der Waals surface area contributed by atoms with Crippen LogP contribution in [0.3, 0.4) is 0 Å². The van der Waals surface area contributed by atoms with Gasteiger partial charge >= 0.3 is 6.09 Å². The topological polar surface area (TPSA) is 49.8 Å². The first kappa shape index (κ1) is 12.2. The second kappa shape index (κ2) is 6.71. The van der Waals surface area contributed by atoms with E-state index in [1.54, 1.807) is 0 Å². The lowest BCUT2D eigenvalue weighted by Gasteiger charge is -2.22. The third-order valence-corrected chi connectivity index (χ3v) is 1.91. The van der Waals surface area contributed by atoms with Crippen LogP contribution in [-0.2, 0) is 4.74 Å². The Balaban J connectivity index is 3.91. The second-order valence-corrected chi connectivity index (χ2v) is 2.93. The Kier molecular flexibility index (Phi) is 6.32. The van der Waals surface area contributed by atoms with Crippen LogP contribution in [0.15, 0.2) is 0 Å². The molecular formula is C9H19NO3. The maximum atomic E-state index is 11.1. The predicted molar refractivity (Wildman–Crippen MR) is 49.6 cm³/mol. The maximum Gasteiger partial charge on any atom is 0.433 e. The SMILES string of the molecule is CCCOC(=O)N(O)C(CC)CC. The number of hydrogen-bond donors (Lipinski definition) is 1. The summed E-state index contributed by atoms with van der Waals surface area (Å²) in [6.45, 7) is 6.11. The van der Waals surface area contributed by atoms with E-state index < -0.39 is 6.09 Å². The van der Waals surface area contributed by atoms with Gasteiger partial charge in [-0.3, -0.25) is 5.21 Å². The summed E-state index contributed by atoms with van der Waals surface area (Å²) in [4.78, 5) is 11.1. The van der Waals surface area contributed by atoms with E-state index in [4.69, 9.17) is 4.74 Å². The lowest BCUT2D eigenvalue weighted by molar-refractivity contribution is -0.106. The van der Waals surface area contributed by atoms with Crippen LogP contribution in [0.5, 0.6) is 0 Å². The van der Waals surface area contributed by atoms with Crippen LogP contribution in [0.2, 0.25) is 0 Å². The van der Waals surface area contributed by atoms with Crippen molar-refractivity contribution >= 4 is 6.09 Å². The van der Waals surface area contributed by atoms with Crippen molar-refractivity contribution in [3.63, 3.8) is 0 Å². The third-order valence-electron chi connectivity index (χ3n) is 1.91. The van der Waals surface area contributed by atoms with Crippen molar-refractivity contribution in [3.8, 4) is 0 Å². The summed E-state index contributed by atoms with van der Waals surface area (Å²) < 4.78 is 4.77. The number of carbonyl (C=O) groups excluding carboxylic acids is 1. The molecule has 0 unspecified atom stereocenters. The van der Waals surface area contributed by atoms with E-state index in [1.165, 1.54) is 0 Å². The van der Waals surface area contributed by atoms with Crippen LogP contribution in [0, 0.1) is 0 Å². The van der Waals surface area contributed by atoms with Crippen molar-refractivity contribution in [2.75, 3.05) is 6.61 Å². The summed E-state index contributed by atoms with van der Waals surface area (Å²) in [5, 5.41) is 10.1. The fourth-order valence-electron chi connectivity index (χ4n) is 1.04. The molecule has 0 bridgehead atoms. The molecule has 78 valence electrons. The van der Waals surface area contributed by atoms with Gasteiger partial charge in [-0.25, -0.2) is 4.79 Å². The number of carbonyl (C=O) groups is 1. The fourth-order valence-corrected chi connectivity index (χ4v) is 1.04. The number of hydrogen-bond acceptors (Lipinski definition) is 3. The Hall–Kier alpha value is -0.770. The molecule has 0 aliphatic rings. The van der Waals surface area contributed by atoms with Crippen LogP contribution < -0.4 is 0 Å². The monoisotopic (exact) mass is 189 g/mol. The van der Waals surface area contributed by atoms with Crippen LogP contribution in [0.4, 0.5) is 4.79 Å². The lowest BCUT2D eigenvalue weighted by Crippen LogP contribution is -2.37. The predicted octanol–water partition coefficient (Wildman–Crippen LogP) is 2.41. The first-order valence-corrected chi connectivity index (χ1v) is 4.82. The largest absolute Gasteiger partial charge is 0.448 e. The Morgan fingerprint density at radius 3 is 2.31 bits per heavy atom. The fraction of sp³-hybridized carbons (Fsp3) is 0.889. The number of ether oxygens (including phenoxy) is 1. The highest BCUT2D eigenvalue weighted by atomic mass is 16.6. The van der Waals surface area contributed by atoms with Gasteiger partial charge in [0.15, 0.2) is 0 Å². The van der Waals surface area contributed by atoms with Crippen molar-refractivity contribution < 1.29 is 14.7 Å². The molecule has 0 saturated heterocycles. The molecule has 0 aliphatic carbocycles. The van der Waals surface area contributed by atoms with Crippen molar-refractivity contribution in [1.82, 2.24) is 5.06 Å². The molecule has 0 saturated carbocycles. The van der Waals surface area contributed by atoms with Gasteiger partial charge in [0.2, 0.25) is 0 Å². The summed E-state index contributed by atoms with van der Waals surface area (Å²) >= 11 is 0. The molecule has 0 rings (SSSR count). The molecule has 0 heterocycles. The Morgan fingerprint density at radius 2 is 1.92 bits per heavy atom. The van der Waals surface area contributed by atoms with E-state index >= 15 is 0 Å². The summed E-state index contributed by atoms with van der Waals surface area (Å²) in [6, 6.07) is -0.135. The summed E-state index contributed by atoms with van der Waals surface area (Å²) in [5.74, 6) is 0. The van der Waals surface area contributed by atoms with Gasteiger partial charge in [-0.15, -0.1) is 0 Å². The number of nitrogens with zero attached hydrogens (tertiary/aromatic N) is 1. The summed E-state index contributed by atoms with van der Waals surface area (Å²) in [7, 11) is 0. The third kappa shape index (κ3) is 4.12. The van der Waals surface area contributed by atoms with Gasteiger partial charge in [0.05, 0.1) is 12.6 Å². The van der Waals surface area contributed by atoms with Gasteiger partial charge in [-0.1, -0.05) is 20.8 Å². The standard InChI is InChI=1S/C9H19NO3/c1-4-7-13-9(11)10(12)8(5-2)6-3/h8,12H,4-7H2,1-3H3. The molecule has 1 amide bonds. The smallest absolute Gasteiger partial charge is 0.433 e. The van der Waals surface area contributed by atoms with Crippen molar-refractivity contribution in [1.29, 1.82) is 0 Å². The van der Waals surface area contributed by atoms with E-state index in [9.17, 15) is 10.0 Å². The van der Waals surface area contributed by atoms with E-state index in [0.717, 1.165) is 19.3 Å². The van der Waals surface area contributed by atoms with Gasteiger partial charge in [0, 0.05) is 0 Å². The van der Waals surface area contributed by atoms with Crippen LogP contribution >= 0.6 is 0 Å². The average Bonchev–Trinajstić information content (AvgIpc) is 2.15. The minimum absolute atomic E-state index is 0.135. The molecule has 1 N–H and O–H groups in total. The molecular weight excluding hydrogens is 170 g/mol. The molecule has 0 aliphatic heterocycles. The molecule has 0 atom stereocenters. The highest BCUT2D eigenvalue weighted by Gasteiger charge is 2.19. The molecule has 13 heavy (non-hydrogen) atoms. The zero-order chi connectivity index (χ0) is 10.3. The molecule has 0 aromatic heterocycles. The molecule has 0 aromatic carbocycles. The van der Waals surface area contributed by atoms with Gasteiger partial charge in [0.1, 0.15) is 0 Å². The van der Waals surface area contributed by atoms with Crippen molar-refractivity contribution in [2.45, 2.75) is 46.1 Å². The second-order valence-electron chi connectivity index (χ2n) is 2.93. The van der Waals surface area contributed by atoms with Crippen molar-refractivity contribution in [2.24, 2.45) is 0 Å². The van der Waals surface area contributed by atoms with Gasteiger partial charge in [0.25, 0.3) is 0 Å². The molecule has 4 nitrogen and oxygen atoms in total. The molecule has 0 spiro atoms. The van der Waals surface area contributed by atoms with E-state index in [0.29, 0.717) is 11.7 Å². The Morgan fingerprint density at radius 1 is 1.38 bits per heavy atom. The number of rotatable bonds is 5. The molecule has 0 fully saturated rings. The zero-order valence-corrected chi connectivity index (χ0v) is 8.62. The van der Waals surface area contributed by atoms with Gasteiger partial charge < -0.3 is 4.74 Å². The van der Waals surface area contributed by atoms with E-state index in [2.05, 4.69) is 0 Å². The van der Waals surface area contributed by atoms with E-state index in [-0.39, 0.29) is 6.04 Å². The van der Waals surface area contributed by atoms with Crippen molar-refractivity contribution in [3.05, 3.63) is 0 Å². The lowest BCUT2D eigenvalue weighted by atomic mass is 10.2. The van der Waals surface area contributed by atoms with Crippen LogP contribution in [0.1, 0.15) is 40.0 Å². The molecule has 0 aromatic rings. The Labute approximate surface area is 79.4 Å². The van der Waals surface area contributed by atoms with Gasteiger partial charge in [-0.05, 0) is 19.3 Å². The normalized spacial score (nSPS) is 10.2. The Bertz CT molecular complexity index is 146. The average molecular weight is 189 g/mol. The number of amides is 1. The first-order chi connectivity index (χ1) is 6.17. The van der Waals surface area contributed by atoms with E-state index in [1.807, 2.05) is 20.8 Å².